The minimum atomic E-state index is -0.978. The molecule has 2 heterocycles. The number of amides is 1. The van der Waals surface area contributed by atoms with E-state index in [0.717, 1.165) is 11.1 Å². The molecule has 7 heteroatoms. The maximum absolute atomic E-state index is 11.6. The number of nitrogens with zero attached hydrogens (tertiary/aromatic N) is 2. The third-order valence-corrected chi connectivity index (χ3v) is 3.82. The molecule has 25 heavy (non-hydrogen) atoms. The van der Waals surface area contributed by atoms with Gasteiger partial charge in [0.25, 0.3) is 0 Å². The third-order valence-electron chi connectivity index (χ3n) is 3.82. The van der Waals surface area contributed by atoms with Gasteiger partial charge >= 0.3 is 5.97 Å². The SMILES string of the molecule is NCCC(=O)NCc1cccn2cc(-c3cccc(C(=O)O)c3)nc12. The van der Waals surface area contributed by atoms with Crippen LogP contribution in [0.15, 0.2) is 48.8 Å². The van der Waals surface area contributed by atoms with Crippen molar-refractivity contribution in [2.45, 2.75) is 13.0 Å². The summed E-state index contributed by atoms with van der Waals surface area (Å²) in [6.45, 7) is 0.665. The van der Waals surface area contributed by atoms with Gasteiger partial charge in [-0.05, 0) is 18.2 Å². The van der Waals surface area contributed by atoms with E-state index in [0.29, 0.717) is 24.4 Å². The van der Waals surface area contributed by atoms with E-state index in [-0.39, 0.29) is 17.9 Å². The van der Waals surface area contributed by atoms with Gasteiger partial charge in [-0.15, -0.1) is 0 Å². The van der Waals surface area contributed by atoms with Crippen molar-refractivity contribution in [1.29, 1.82) is 0 Å². The molecule has 0 atom stereocenters. The van der Waals surface area contributed by atoms with Crippen molar-refractivity contribution in [1.82, 2.24) is 14.7 Å². The van der Waals surface area contributed by atoms with Crippen LogP contribution in [0.25, 0.3) is 16.9 Å². The average Bonchev–Trinajstić information content (AvgIpc) is 3.05. The molecule has 3 rings (SSSR count). The molecule has 0 aliphatic carbocycles. The van der Waals surface area contributed by atoms with Crippen LogP contribution in [0, 0.1) is 0 Å². The first kappa shape index (κ1) is 16.7. The monoisotopic (exact) mass is 338 g/mol. The van der Waals surface area contributed by atoms with E-state index in [1.165, 1.54) is 0 Å². The molecule has 7 nitrogen and oxygen atoms in total. The molecule has 0 spiro atoms. The molecule has 1 amide bonds. The standard InChI is InChI=1S/C18H18N4O3/c19-7-6-16(23)20-10-14-5-2-8-22-11-15(21-17(14)22)12-3-1-4-13(9-12)18(24)25/h1-5,8-9,11H,6-7,10,19H2,(H,20,23)(H,24,25). The fraction of sp³-hybridized carbons (Fsp3) is 0.167. The Morgan fingerprint density at radius 3 is 2.84 bits per heavy atom. The summed E-state index contributed by atoms with van der Waals surface area (Å²) in [5, 5.41) is 11.9. The minimum Gasteiger partial charge on any atom is -0.478 e. The molecule has 1 aromatic carbocycles. The van der Waals surface area contributed by atoms with Gasteiger partial charge in [-0.1, -0.05) is 18.2 Å². The van der Waals surface area contributed by atoms with Gasteiger partial charge in [-0.2, -0.15) is 0 Å². The van der Waals surface area contributed by atoms with Crippen molar-refractivity contribution in [3.8, 4) is 11.3 Å². The number of imidazole rings is 1. The van der Waals surface area contributed by atoms with Gasteiger partial charge in [0.05, 0.1) is 11.3 Å². The van der Waals surface area contributed by atoms with Crippen LogP contribution in [-0.2, 0) is 11.3 Å². The Hall–Kier alpha value is -3.19. The van der Waals surface area contributed by atoms with E-state index in [9.17, 15) is 9.59 Å². The van der Waals surface area contributed by atoms with E-state index in [1.54, 1.807) is 18.2 Å². The van der Waals surface area contributed by atoms with Crippen molar-refractivity contribution in [3.05, 3.63) is 59.9 Å². The van der Waals surface area contributed by atoms with E-state index in [2.05, 4.69) is 10.3 Å². The molecule has 4 N–H and O–H groups in total. The number of nitrogens with two attached hydrogens (primary N) is 1. The molecular formula is C18H18N4O3. The van der Waals surface area contributed by atoms with Crippen molar-refractivity contribution < 1.29 is 14.7 Å². The number of carbonyl (C=O) groups excluding carboxylic acids is 1. The smallest absolute Gasteiger partial charge is 0.335 e. The van der Waals surface area contributed by atoms with Gasteiger partial charge in [0.1, 0.15) is 5.65 Å². The molecule has 0 bridgehead atoms. The van der Waals surface area contributed by atoms with Gasteiger partial charge in [0.2, 0.25) is 5.91 Å². The highest BCUT2D eigenvalue weighted by atomic mass is 16.4. The molecular weight excluding hydrogens is 320 g/mol. The quantitative estimate of drug-likeness (QED) is 0.633. The number of carboxylic acids is 1. The number of rotatable bonds is 6. The fourth-order valence-electron chi connectivity index (χ4n) is 2.57. The lowest BCUT2D eigenvalue weighted by Crippen LogP contribution is -2.25. The average molecular weight is 338 g/mol. The van der Waals surface area contributed by atoms with Crippen molar-refractivity contribution in [3.63, 3.8) is 0 Å². The number of fused-ring (bicyclic) bond motifs is 1. The zero-order valence-electron chi connectivity index (χ0n) is 13.5. The van der Waals surface area contributed by atoms with Crippen molar-refractivity contribution in [2.24, 2.45) is 5.73 Å². The normalized spacial score (nSPS) is 10.8. The van der Waals surface area contributed by atoms with Crippen LogP contribution in [0.3, 0.4) is 0 Å². The van der Waals surface area contributed by atoms with Crippen molar-refractivity contribution in [2.75, 3.05) is 6.54 Å². The molecule has 0 saturated carbocycles. The number of aromatic carboxylic acids is 1. The summed E-state index contributed by atoms with van der Waals surface area (Å²) in [5.41, 5.74) is 8.56. The van der Waals surface area contributed by atoms with Crippen LogP contribution in [0.1, 0.15) is 22.3 Å². The first-order chi connectivity index (χ1) is 12.1. The molecule has 0 unspecified atom stereocenters. The van der Waals surface area contributed by atoms with Crippen LogP contribution >= 0.6 is 0 Å². The second-order valence-electron chi connectivity index (χ2n) is 5.59. The number of benzene rings is 1. The topological polar surface area (TPSA) is 110 Å². The number of hydrogen-bond donors (Lipinski definition) is 3. The van der Waals surface area contributed by atoms with E-state index in [1.807, 2.05) is 35.0 Å². The predicted octanol–water partition coefficient (Wildman–Crippen LogP) is 1.66. The summed E-state index contributed by atoms with van der Waals surface area (Å²) >= 11 is 0. The van der Waals surface area contributed by atoms with Gasteiger partial charge in [-0.25, -0.2) is 9.78 Å². The lowest BCUT2D eigenvalue weighted by molar-refractivity contribution is -0.121. The molecule has 2 aromatic heterocycles. The van der Waals surface area contributed by atoms with Gasteiger partial charge in [0.15, 0.2) is 0 Å². The highest BCUT2D eigenvalue weighted by Gasteiger charge is 2.11. The Balaban J connectivity index is 1.92. The molecule has 0 fully saturated rings. The summed E-state index contributed by atoms with van der Waals surface area (Å²) in [6, 6.07) is 10.4. The zero-order chi connectivity index (χ0) is 17.8. The predicted molar refractivity (Wildman–Crippen MR) is 93.1 cm³/mol. The van der Waals surface area contributed by atoms with Crippen LogP contribution < -0.4 is 11.1 Å². The molecule has 0 saturated heterocycles. The first-order valence-corrected chi connectivity index (χ1v) is 7.85. The maximum atomic E-state index is 11.6. The Morgan fingerprint density at radius 1 is 1.24 bits per heavy atom. The van der Waals surface area contributed by atoms with E-state index < -0.39 is 5.97 Å². The number of pyridine rings is 1. The van der Waals surface area contributed by atoms with Gasteiger partial charge < -0.3 is 20.6 Å². The molecule has 0 radical (unpaired) electrons. The molecule has 0 aliphatic heterocycles. The Labute approximate surface area is 144 Å². The third kappa shape index (κ3) is 3.67. The molecule has 128 valence electrons. The van der Waals surface area contributed by atoms with Crippen LogP contribution in [-0.4, -0.2) is 32.9 Å². The maximum Gasteiger partial charge on any atom is 0.335 e. The number of hydrogen-bond acceptors (Lipinski definition) is 4. The van der Waals surface area contributed by atoms with Crippen LogP contribution in [0.4, 0.5) is 0 Å². The summed E-state index contributed by atoms with van der Waals surface area (Å²) in [6.07, 6.45) is 3.98. The zero-order valence-corrected chi connectivity index (χ0v) is 13.5. The van der Waals surface area contributed by atoms with Crippen LogP contribution in [0.2, 0.25) is 0 Å². The highest BCUT2D eigenvalue weighted by molar-refractivity contribution is 5.89. The van der Waals surface area contributed by atoms with Crippen LogP contribution in [0.5, 0.6) is 0 Å². The number of nitrogens with one attached hydrogen (secondary N) is 1. The first-order valence-electron chi connectivity index (χ1n) is 7.85. The lowest BCUT2D eigenvalue weighted by atomic mass is 10.1. The Bertz CT molecular complexity index is 933. The summed E-state index contributed by atoms with van der Waals surface area (Å²) in [4.78, 5) is 27.3. The second-order valence-corrected chi connectivity index (χ2v) is 5.59. The minimum absolute atomic E-state index is 0.106. The summed E-state index contributed by atoms with van der Waals surface area (Å²) in [5.74, 6) is -1.08. The number of carboxylic acid groups (broad SMARTS) is 1. The van der Waals surface area contributed by atoms with Gasteiger partial charge in [0, 0.05) is 43.0 Å². The Kier molecular flexibility index (Phi) is 4.76. The lowest BCUT2D eigenvalue weighted by Gasteiger charge is -2.05. The van der Waals surface area contributed by atoms with Gasteiger partial charge in [-0.3, -0.25) is 4.79 Å². The highest BCUT2D eigenvalue weighted by Crippen LogP contribution is 2.22. The second kappa shape index (κ2) is 7.14. The fourth-order valence-corrected chi connectivity index (χ4v) is 2.57. The summed E-state index contributed by atoms with van der Waals surface area (Å²) in [7, 11) is 0. The van der Waals surface area contributed by atoms with E-state index >= 15 is 0 Å². The van der Waals surface area contributed by atoms with Crippen molar-refractivity contribution >= 4 is 17.5 Å². The number of carbonyl (C=O) groups is 2. The Morgan fingerprint density at radius 2 is 2.08 bits per heavy atom. The number of aromatic nitrogens is 2. The van der Waals surface area contributed by atoms with E-state index in [4.69, 9.17) is 10.8 Å². The molecule has 3 aromatic rings. The molecule has 0 aliphatic rings. The largest absolute Gasteiger partial charge is 0.478 e. The summed E-state index contributed by atoms with van der Waals surface area (Å²) < 4.78 is 1.85.